The molecule has 0 aromatic rings. The maximum atomic E-state index is 11.9. The van der Waals surface area contributed by atoms with Crippen molar-refractivity contribution >= 4 is 11.9 Å². The monoisotopic (exact) mass is 286 g/mol. The Labute approximate surface area is 120 Å². The average Bonchev–Trinajstić information content (AvgIpc) is 2.44. The Morgan fingerprint density at radius 2 is 1.65 bits per heavy atom. The highest BCUT2D eigenvalue weighted by Gasteiger charge is 2.32. The minimum atomic E-state index is -0.307. The first-order valence-corrected chi connectivity index (χ1v) is 7.48. The Morgan fingerprint density at radius 3 is 2.15 bits per heavy atom. The van der Waals surface area contributed by atoms with Crippen molar-refractivity contribution in [2.24, 2.45) is 17.8 Å². The maximum Gasteiger partial charge on any atom is 0.309 e. The van der Waals surface area contributed by atoms with E-state index in [0.717, 1.165) is 25.7 Å². The minimum Gasteiger partial charge on any atom is -0.465 e. The number of aliphatic hydroxyl groups is 1. The van der Waals surface area contributed by atoms with E-state index in [0.29, 0.717) is 18.9 Å². The zero-order valence-corrected chi connectivity index (χ0v) is 12.5. The summed E-state index contributed by atoms with van der Waals surface area (Å²) in [5, 5.41) is 8.64. The first-order chi connectivity index (χ1) is 9.54. The van der Waals surface area contributed by atoms with Crippen LogP contribution in [0.3, 0.4) is 0 Å². The van der Waals surface area contributed by atoms with Gasteiger partial charge < -0.3 is 14.6 Å². The summed E-state index contributed by atoms with van der Waals surface area (Å²) in [5.41, 5.74) is 0. The van der Waals surface area contributed by atoms with Gasteiger partial charge in [0.05, 0.1) is 25.0 Å². The molecule has 1 aliphatic carbocycles. The molecular formula is C15H26O5. The third-order valence-electron chi connectivity index (χ3n) is 3.62. The summed E-state index contributed by atoms with van der Waals surface area (Å²) in [6, 6.07) is 0. The van der Waals surface area contributed by atoms with Crippen molar-refractivity contribution in [1.29, 1.82) is 0 Å². The molecule has 1 rings (SSSR count). The van der Waals surface area contributed by atoms with Crippen LogP contribution in [0.4, 0.5) is 0 Å². The van der Waals surface area contributed by atoms with E-state index in [1.54, 1.807) is 0 Å². The lowest BCUT2D eigenvalue weighted by Gasteiger charge is -2.26. The highest BCUT2D eigenvalue weighted by molar-refractivity contribution is 5.76. The normalized spacial score (nSPS) is 22.6. The first-order valence-electron chi connectivity index (χ1n) is 7.48. The maximum absolute atomic E-state index is 11.9. The van der Waals surface area contributed by atoms with Crippen LogP contribution in [0.5, 0.6) is 0 Å². The van der Waals surface area contributed by atoms with E-state index in [2.05, 4.69) is 13.8 Å². The van der Waals surface area contributed by atoms with Gasteiger partial charge in [0.1, 0.15) is 6.61 Å². The molecule has 0 aromatic carbocycles. The van der Waals surface area contributed by atoms with E-state index in [-0.39, 0.29) is 37.0 Å². The molecule has 2 unspecified atom stereocenters. The van der Waals surface area contributed by atoms with Gasteiger partial charge >= 0.3 is 11.9 Å². The fourth-order valence-electron chi connectivity index (χ4n) is 2.40. The lowest BCUT2D eigenvalue weighted by atomic mass is 9.81. The predicted molar refractivity (Wildman–Crippen MR) is 73.9 cm³/mol. The molecule has 116 valence electrons. The molecule has 0 spiro atoms. The number of hydrogen-bond donors (Lipinski definition) is 1. The van der Waals surface area contributed by atoms with Crippen molar-refractivity contribution in [2.75, 3.05) is 19.8 Å². The number of carbonyl (C=O) groups is 2. The van der Waals surface area contributed by atoms with Gasteiger partial charge in [-0.3, -0.25) is 9.59 Å². The zero-order chi connectivity index (χ0) is 15.0. The summed E-state index contributed by atoms with van der Waals surface area (Å²) < 4.78 is 10.2. The SMILES string of the molecule is CC(C)CCOC(=O)C1CCCC(C(=O)OCCO)C1. The summed E-state index contributed by atoms with van der Waals surface area (Å²) >= 11 is 0. The fraction of sp³-hybridized carbons (Fsp3) is 0.867. The summed E-state index contributed by atoms with van der Waals surface area (Å²) in [6.45, 7) is 4.48. The molecule has 1 fully saturated rings. The van der Waals surface area contributed by atoms with Gasteiger partial charge in [0.15, 0.2) is 0 Å². The van der Waals surface area contributed by atoms with Crippen LogP contribution >= 0.6 is 0 Å². The van der Waals surface area contributed by atoms with E-state index in [4.69, 9.17) is 14.6 Å². The molecule has 1 saturated carbocycles. The molecule has 0 aliphatic heterocycles. The van der Waals surface area contributed by atoms with Gasteiger partial charge in [0, 0.05) is 0 Å². The molecule has 0 aromatic heterocycles. The zero-order valence-electron chi connectivity index (χ0n) is 12.5. The molecule has 0 amide bonds. The predicted octanol–water partition coefficient (Wildman–Crippen LogP) is 1.92. The number of ether oxygens (including phenoxy) is 2. The second-order valence-electron chi connectivity index (χ2n) is 5.80. The molecular weight excluding hydrogens is 260 g/mol. The molecule has 0 bridgehead atoms. The molecule has 1 aliphatic rings. The van der Waals surface area contributed by atoms with Crippen LogP contribution in [-0.2, 0) is 19.1 Å². The third-order valence-corrected chi connectivity index (χ3v) is 3.62. The number of aliphatic hydroxyl groups excluding tert-OH is 1. The van der Waals surface area contributed by atoms with Gasteiger partial charge in [-0.15, -0.1) is 0 Å². The van der Waals surface area contributed by atoms with Crippen molar-refractivity contribution in [3.8, 4) is 0 Å². The van der Waals surface area contributed by atoms with Crippen LogP contribution in [0.2, 0.25) is 0 Å². The molecule has 2 atom stereocenters. The summed E-state index contributed by atoms with van der Waals surface area (Å²) in [7, 11) is 0. The molecule has 5 heteroatoms. The van der Waals surface area contributed by atoms with Crippen molar-refractivity contribution in [1.82, 2.24) is 0 Å². The highest BCUT2D eigenvalue weighted by atomic mass is 16.5. The molecule has 5 nitrogen and oxygen atoms in total. The van der Waals surface area contributed by atoms with Crippen LogP contribution in [0.25, 0.3) is 0 Å². The smallest absolute Gasteiger partial charge is 0.309 e. The van der Waals surface area contributed by atoms with E-state index in [1.165, 1.54) is 0 Å². The van der Waals surface area contributed by atoms with E-state index < -0.39 is 0 Å². The van der Waals surface area contributed by atoms with Crippen LogP contribution in [0.1, 0.15) is 46.0 Å². The Bertz CT molecular complexity index is 313. The first kappa shape index (κ1) is 17.0. The number of rotatable bonds is 7. The summed E-state index contributed by atoms with van der Waals surface area (Å²) in [6.07, 6.45) is 3.73. The van der Waals surface area contributed by atoms with Gasteiger partial charge in [0.2, 0.25) is 0 Å². The lowest BCUT2D eigenvalue weighted by molar-refractivity contribution is -0.155. The lowest BCUT2D eigenvalue weighted by Crippen LogP contribution is -2.30. The van der Waals surface area contributed by atoms with E-state index in [9.17, 15) is 9.59 Å². The standard InChI is InChI=1S/C15H26O5/c1-11(2)6-8-19-14(17)12-4-3-5-13(10-12)15(18)20-9-7-16/h11-13,16H,3-10H2,1-2H3. The van der Waals surface area contributed by atoms with Crippen molar-refractivity contribution in [3.63, 3.8) is 0 Å². The Balaban J connectivity index is 2.35. The quantitative estimate of drug-likeness (QED) is 0.724. The number of carbonyl (C=O) groups excluding carboxylic acids is 2. The van der Waals surface area contributed by atoms with Gasteiger partial charge in [-0.25, -0.2) is 0 Å². The van der Waals surface area contributed by atoms with E-state index >= 15 is 0 Å². The molecule has 20 heavy (non-hydrogen) atoms. The highest BCUT2D eigenvalue weighted by Crippen LogP contribution is 2.30. The Kier molecular flexibility index (Phi) is 7.59. The van der Waals surface area contributed by atoms with Gasteiger partial charge in [-0.2, -0.15) is 0 Å². The average molecular weight is 286 g/mol. The molecule has 0 saturated heterocycles. The van der Waals surface area contributed by atoms with Crippen LogP contribution in [-0.4, -0.2) is 36.9 Å². The van der Waals surface area contributed by atoms with Gasteiger partial charge in [-0.1, -0.05) is 20.3 Å². The van der Waals surface area contributed by atoms with Crippen LogP contribution < -0.4 is 0 Å². The number of hydrogen-bond acceptors (Lipinski definition) is 5. The third kappa shape index (κ3) is 5.90. The largest absolute Gasteiger partial charge is 0.465 e. The van der Waals surface area contributed by atoms with Crippen molar-refractivity contribution < 1.29 is 24.2 Å². The van der Waals surface area contributed by atoms with Crippen LogP contribution in [0, 0.1) is 17.8 Å². The second kappa shape index (κ2) is 8.95. The minimum absolute atomic E-state index is 0.0266. The van der Waals surface area contributed by atoms with Gasteiger partial charge in [0.25, 0.3) is 0 Å². The number of esters is 2. The Morgan fingerprint density at radius 1 is 1.10 bits per heavy atom. The second-order valence-corrected chi connectivity index (χ2v) is 5.80. The van der Waals surface area contributed by atoms with Crippen molar-refractivity contribution in [2.45, 2.75) is 46.0 Å². The molecule has 0 radical (unpaired) electrons. The van der Waals surface area contributed by atoms with Gasteiger partial charge in [-0.05, 0) is 31.6 Å². The van der Waals surface area contributed by atoms with E-state index in [1.807, 2.05) is 0 Å². The molecule has 1 N–H and O–H groups in total. The topological polar surface area (TPSA) is 72.8 Å². The van der Waals surface area contributed by atoms with Crippen molar-refractivity contribution in [3.05, 3.63) is 0 Å². The summed E-state index contributed by atoms with van der Waals surface area (Å²) in [5.74, 6) is -0.417. The fourth-order valence-corrected chi connectivity index (χ4v) is 2.40. The molecule has 0 heterocycles. The summed E-state index contributed by atoms with van der Waals surface area (Å²) in [4.78, 5) is 23.7. The Hall–Kier alpha value is -1.10. The van der Waals surface area contributed by atoms with Crippen LogP contribution in [0.15, 0.2) is 0 Å².